The van der Waals surface area contributed by atoms with Gasteiger partial charge in [0.1, 0.15) is 5.75 Å². The molecule has 3 nitrogen and oxygen atoms in total. The van der Waals surface area contributed by atoms with Crippen LogP contribution in [-0.2, 0) is 6.42 Å². The highest BCUT2D eigenvalue weighted by molar-refractivity contribution is 9.10. The number of anilines is 1. The summed E-state index contributed by atoms with van der Waals surface area (Å²) in [4.78, 5) is 4.12. The minimum Gasteiger partial charge on any atom is -0.437 e. The van der Waals surface area contributed by atoms with Gasteiger partial charge in [0.05, 0.1) is 5.69 Å². The molecule has 0 atom stereocenters. The molecular weight excluding hydrogens is 280 g/mol. The average Bonchev–Trinajstić information content (AvgIpc) is 2.34. The van der Waals surface area contributed by atoms with Gasteiger partial charge in [-0.25, -0.2) is 4.98 Å². The van der Waals surface area contributed by atoms with Gasteiger partial charge in [-0.05, 0) is 46.1 Å². The molecule has 0 saturated heterocycles. The van der Waals surface area contributed by atoms with Gasteiger partial charge in [-0.1, -0.05) is 19.1 Å². The summed E-state index contributed by atoms with van der Waals surface area (Å²) in [6.07, 6.45) is 2.67. The van der Waals surface area contributed by atoms with Crippen LogP contribution in [0.3, 0.4) is 0 Å². The van der Waals surface area contributed by atoms with Crippen molar-refractivity contribution in [2.75, 3.05) is 5.73 Å². The predicted octanol–water partition coefficient (Wildman–Crippen LogP) is 3.78. The zero-order chi connectivity index (χ0) is 12.3. The second-order valence-corrected chi connectivity index (χ2v) is 4.56. The van der Waals surface area contributed by atoms with Crippen LogP contribution < -0.4 is 10.5 Å². The Balaban J connectivity index is 2.19. The molecule has 0 amide bonds. The molecule has 0 bridgehead atoms. The lowest BCUT2D eigenvalue weighted by Gasteiger charge is -2.07. The standard InChI is InChI=1S/C13H13BrN2O/c1-2-9-3-5-11(6-4-9)17-13-12(15)7-10(14)8-16-13/h3-8H,2,15H2,1H3. The topological polar surface area (TPSA) is 48.1 Å². The number of halogens is 1. The first-order chi connectivity index (χ1) is 8.19. The second-order valence-electron chi connectivity index (χ2n) is 3.65. The van der Waals surface area contributed by atoms with Gasteiger partial charge in [0.2, 0.25) is 5.88 Å². The Morgan fingerprint density at radius 2 is 2.00 bits per heavy atom. The van der Waals surface area contributed by atoms with Crippen LogP contribution >= 0.6 is 15.9 Å². The molecule has 0 spiro atoms. The number of hydrogen-bond donors (Lipinski definition) is 1. The molecule has 88 valence electrons. The number of pyridine rings is 1. The fraction of sp³-hybridized carbons (Fsp3) is 0.154. The monoisotopic (exact) mass is 292 g/mol. The van der Waals surface area contributed by atoms with E-state index in [0.29, 0.717) is 11.6 Å². The Kier molecular flexibility index (Phi) is 3.64. The summed E-state index contributed by atoms with van der Waals surface area (Å²) in [7, 11) is 0. The smallest absolute Gasteiger partial charge is 0.242 e. The van der Waals surface area contributed by atoms with Crippen molar-refractivity contribution in [2.24, 2.45) is 0 Å². The number of aryl methyl sites for hydroxylation is 1. The minimum atomic E-state index is 0.428. The molecule has 2 N–H and O–H groups in total. The zero-order valence-corrected chi connectivity index (χ0v) is 11.1. The normalized spacial score (nSPS) is 10.2. The number of ether oxygens (including phenoxy) is 1. The van der Waals surface area contributed by atoms with Crippen molar-refractivity contribution in [1.82, 2.24) is 4.98 Å². The van der Waals surface area contributed by atoms with E-state index in [1.54, 1.807) is 12.3 Å². The van der Waals surface area contributed by atoms with Gasteiger partial charge in [-0.15, -0.1) is 0 Å². The Morgan fingerprint density at radius 3 is 2.59 bits per heavy atom. The SMILES string of the molecule is CCc1ccc(Oc2ncc(Br)cc2N)cc1. The molecule has 4 heteroatoms. The van der Waals surface area contributed by atoms with E-state index in [-0.39, 0.29) is 0 Å². The van der Waals surface area contributed by atoms with Crippen LogP contribution in [0.5, 0.6) is 11.6 Å². The highest BCUT2D eigenvalue weighted by atomic mass is 79.9. The van der Waals surface area contributed by atoms with E-state index >= 15 is 0 Å². The average molecular weight is 293 g/mol. The predicted molar refractivity (Wildman–Crippen MR) is 72.2 cm³/mol. The van der Waals surface area contributed by atoms with E-state index in [4.69, 9.17) is 10.5 Å². The maximum atomic E-state index is 5.81. The Morgan fingerprint density at radius 1 is 1.29 bits per heavy atom. The van der Waals surface area contributed by atoms with Gasteiger partial charge in [-0.3, -0.25) is 0 Å². The summed E-state index contributed by atoms with van der Waals surface area (Å²) in [6, 6.07) is 9.67. The molecule has 0 unspecified atom stereocenters. The van der Waals surface area contributed by atoms with Crippen LogP contribution in [0.4, 0.5) is 5.69 Å². The third-order valence-electron chi connectivity index (χ3n) is 2.39. The van der Waals surface area contributed by atoms with Crippen molar-refractivity contribution >= 4 is 21.6 Å². The first kappa shape index (κ1) is 11.9. The molecule has 0 fully saturated rings. The van der Waals surface area contributed by atoms with Gasteiger partial charge < -0.3 is 10.5 Å². The van der Waals surface area contributed by atoms with E-state index in [0.717, 1.165) is 16.6 Å². The van der Waals surface area contributed by atoms with Gasteiger partial charge in [0.15, 0.2) is 0 Å². The van der Waals surface area contributed by atoms with Crippen molar-refractivity contribution in [2.45, 2.75) is 13.3 Å². The molecule has 0 aliphatic carbocycles. The number of nitrogens with zero attached hydrogens (tertiary/aromatic N) is 1. The van der Waals surface area contributed by atoms with Crippen LogP contribution in [0.25, 0.3) is 0 Å². The van der Waals surface area contributed by atoms with Crippen LogP contribution in [0, 0.1) is 0 Å². The minimum absolute atomic E-state index is 0.428. The van der Waals surface area contributed by atoms with E-state index in [9.17, 15) is 0 Å². The van der Waals surface area contributed by atoms with E-state index in [2.05, 4.69) is 27.8 Å². The quantitative estimate of drug-likeness (QED) is 0.936. The number of hydrogen-bond acceptors (Lipinski definition) is 3. The maximum absolute atomic E-state index is 5.81. The molecule has 2 rings (SSSR count). The molecule has 0 saturated carbocycles. The molecule has 0 radical (unpaired) electrons. The number of aromatic nitrogens is 1. The molecule has 17 heavy (non-hydrogen) atoms. The Bertz CT molecular complexity index is 511. The highest BCUT2D eigenvalue weighted by Crippen LogP contribution is 2.27. The van der Waals surface area contributed by atoms with Gasteiger partial charge in [0.25, 0.3) is 0 Å². The molecule has 0 aliphatic rings. The lowest BCUT2D eigenvalue weighted by Crippen LogP contribution is -1.95. The van der Waals surface area contributed by atoms with Crippen molar-refractivity contribution in [3.05, 3.63) is 46.6 Å². The summed E-state index contributed by atoms with van der Waals surface area (Å²) in [5.41, 5.74) is 7.59. The van der Waals surface area contributed by atoms with Crippen molar-refractivity contribution in [3.8, 4) is 11.6 Å². The van der Waals surface area contributed by atoms with Crippen LogP contribution in [-0.4, -0.2) is 4.98 Å². The van der Waals surface area contributed by atoms with E-state index in [1.807, 2.05) is 24.3 Å². The van der Waals surface area contributed by atoms with Gasteiger partial charge in [0, 0.05) is 10.7 Å². The first-order valence-electron chi connectivity index (χ1n) is 5.37. The molecule has 1 aromatic carbocycles. The van der Waals surface area contributed by atoms with Gasteiger partial charge in [-0.2, -0.15) is 0 Å². The lowest BCUT2D eigenvalue weighted by molar-refractivity contribution is 0.465. The zero-order valence-electron chi connectivity index (χ0n) is 9.48. The summed E-state index contributed by atoms with van der Waals surface area (Å²) < 4.78 is 6.44. The maximum Gasteiger partial charge on any atom is 0.242 e. The van der Waals surface area contributed by atoms with E-state index < -0.39 is 0 Å². The molecule has 1 heterocycles. The third-order valence-corrected chi connectivity index (χ3v) is 2.83. The third kappa shape index (κ3) is 2.97. The molecule has 1 aromatic heterocycles. The summed E-state index contributed by atoms with van der Waals surface area (Å²) in [6.45, 7) is 2.12. The van der Waals surface area contributed by atoms with Crippen LogP contribution in [0.1, 0.15) is 12.5 Å². The number of benzene rings is 1. The Hall–Kier alpha value is -1.55. The van der Waals surface area contributed by atoms with Gasteiger partial charge >= 0.3 is 0 Å². The van der Waals surface area contributed by atoms with Crippen molar-refractivity contribution in [1.29, 1.82) is 0 Å². The number of nitrogens with two attached hydrogens (primary N) is 1. The fourth-order valence-corrected chi connectivity index (χ4v) is 1.78. The molecule has 2 aromatic rings. The largest absolute Gasteiger partial charge is 0.437 e. The fourth-order valence-electron chi connectivity index (χ4n) is 1.43. The summed E-state index contributed by atoms with van der Waals surface area (Å²) >= 11 is 3.30. The molecular formula is C13H13BrN2O. The van der Waals surface area contributed by atoms with Crippen molar-refractivity contribution < 1.29 is 4.74 Å². The summed E-state index contributed by atoms with van der Waals surface area (Å²) in [5, 5.41) is 0. The lowest BCUT2D eigenvalue weighted by atomic mass is 10.2. The summed E-state index contributed by atoms with van der Waals surface area (Å²) in [5.74, 6) is 1.17. The number of nitrogen functional groups attached to an aromatic ring is 1. The van der Waals surface area contributed by atoms with E-state index in [1.165, 1.54) is 5.56 Å². The first-order valence-corrected chi connectivity index (χ1v) is 6.16. The number of rotatable bonds is 3. The second kappa shape index (κ2) is 5.19. The van der Waals surface area contributed by atoms with Crippen molar-refractivity contribution in [3.63, 3.8) is 0 Å². The van der Waals surface area contributed by atoms with Crippen LogP contribution in [0.2, 0.25) is 0 Å². The molecule has 0 aliphatic heterocycles. The Labute approximate surface area is 109 Å². The highest BCUT2D eigenvalue weighted by Gasteiger charge is 2.04. The van der Waals surface area contributed by atoms with Crippen LogP contribution in [0.15, 0.2) is 41.0 Å².